The summed E-state index contributed by atoms with van der Waals surface area (Å²) in [5.74, 6) is -0.767. The summed E-state index contributed by atoms with van der Waals surface area (Å²) in [6.07, 6.45) is 1.79. The number of hydrogen-bond donors (Lipinski definition) is 1. The molecule has 0 unspecified atom stereocenters. The Labute approximate surface area is 131 Å². The van der Waals surface area contributed by atoms with E-state index in [-0.39, 0.29) is 6.42 Å². The van der Waals surface area contributed by atoms with Gasteiger partial charge in [0.2, 0.25) is 0 Å². The fourth-order valence-electron chi connectivity index (χ4n) is 2.21. The molecule has 0 atom stereocenters. The first kappa shape index (κ1) is 17.9. The normalized spacial score (nSPS) is 11.0. The Bertz CT molecular complexity index is 419. The molecule has 1 aromatic heterocycles. The predicted octanol–water partition coefficient (Wildman–Crippen LogP) is 2.72. The Balaban J connectivity index is 2.46. The zero-order valence-corrected chi connectivity index (χ0v) is 14.2. The SMILES string of the molecule is CCN(CC)CCCN(CC)c1nc(CCC(=O)O)cs1. The van der Waals surface area contributed by atoms with E-state index < -0.39 is 5.97 Å². The van der Waals surface area contributed by atoms with E-state index in [2.05, 4.69) is 35.6 Å². The second kappa shape index (κ2) is 9.73. The van der Waals surface area contributed by atoms with Crippen LogP contribution in [0.25, 0.3) is 0 Å². The third-order valence-corrected chi connectivity index (χ3v) is 4.53. The van der Waals surface area contributed by atoms with Crippen LogP contribution in [0.3, 0.4) is 0 Å². The van der Waals surface area contributed by atoms with E-state index in [1.165, 1.54) is 0 Å². The fraction of sp³-hybridized carbons (Fsp3) is 0.733. The average molecular weight is 313 g/mol. The molecular formula is C15H27N3O2S. The van der Waals surface area contributed by atoms with Crippen molar-refractivity contribution in [2.75, 3.05) is 37.6 Å². The largest absolute Gasteiger partial charge is 0.481 e. The van der Waals surface area contributed by atoms with Gasteiger partial charge in [-0.2, -0.15) is 0 Å². The molecule has 0 bridgehead atoms. The van der Waals surface area contributed by atoms with E-state index in [1.54, 1.807) is 11.3 Å². The van der Waals surface area contributed by atoms with Crippen molar-refractivity contribution in [3.8, 4) is 0 Å². The van der Waals surface area contributed by atoms with E-state index in [0.717, 1.165) is 50.0 Å². The zero-order valence-electron chi connectivity index (χ0n) is 13.3. The van der Waals surface area contributed by atoms with Crippen LogP contribution in [0.1, 0.15) is 39.3 Å². The highest BCUT2D eigenvalue weighted by atomic mass is 32.1. The van der Waals surface area contributed by atoms with Crippen LogP contribution in [0.2, 0.25) is 0 Å². The summed E-state index contributed by atoms with van der Waals surface area (Å²) in [4.78, 5) is 19.9. The smallest absolute Gasteiger partial charge is 0.303 e. The third kappa shape index (κ3) is 6.44. The molecule has 1 heterocycles. The summed E-state index contributed by atoms with van der Waals surface area (Å²) < 4.78 is 0. The number of carboxylic acid groups (broad SMARTS) is 1. The number of hydrogen-bond acceptors (Lipinski definition) is 5. The molecule has 0 radical (unpaired) electrons. The van der Waals surface area contributed by atoms with Gasteiger partial charge in [-0.05, 0) is 33.0 Å². The molecule has 0 aliphatic rings. The molecule has 5 nitrogen and oxygen atoms in total. The number of thiazole rings is 1. The molecule has 0 saturated carbocycles. The summed E-state index contributed by atoms with van der Waals surface area (Å²) in [6, 6.07) is 0. The molecular weight excluding hydrogens is 286 g/mol. The maximum absolute atomic E-state index is 10.6. The van der Waals surface area contributed by atoms with Crippen LogP contribution in [0.5, 0.6) is 0 Å². The summed E-state index contributed by atoms with van der Waals surface area (Å²) in [5, 5.41) is 11.7. The first-order chi connectivity index (χ1) is 10.1. The number of carboxylic acids is 1. The highest BCUT2D eigenvalue weighted by molar-refractivity contribution is 7.13. The minimum Gasteiger partial charge on any atom is -0.481 e. The molecule has 1 rings (SSSR count). The summed E-state index contributed by atoms with van der Waals surface area (Å²) in [7, 11) is 0. The van der Waals surface area contributed by atoms with Crippen molar-refractivity contribution in [3.63, 3.8) is 0 Å². The molecule has 0 fully saturated rings. The quantitative estimate of drug-likeness (QED) is 0.681. The highest BCUT2D eigenvalue weighted by Crippen LogP contribution is 2.21. The van der Waals surface area contributed by atoms with Crippen molar-refractivity contribution in [2.24, 2.45) is 0 Å². The Morgan fingerprint density at radius 3 is 2.52 bits per heavy atom. The number of rotatable bonds is 11. The minimum absolute atomic E-state index is 0.150. The van der Waals surface area contributed by atoms with Crippen molar-refractivity contribution >= 4 is 22.4 Å². The van der Waals surface area contributed by atoms with Gasteiger partial charge in [0, 0.05) is 24.9 Å². The molecule has 6 heteroatoms. The molecule has 21 heavy (non-hydrogen) atoms. The van der Waals surface area contributed by atoms with E-state index in [4.69, 9.17) is 5.11 Å². The van der Waals surface area contributed by atoms with Gasteiger partial charge >= 0.3 is 5.97 Å². The van der Waals surface area contributed by atoms with E-state index in [9.17, 15) is 4.79 Å². The lowest BCUT2D eigenvalue weighted by Gasteiger charge is -2.23. The van der Waals surface area contributed by atoms with Crippen molar-refractivity contribution in [3.05, 3.63) is 11.1 Å². The van der Waals surface area contributed by atoms with Gasteiger partial charge in [0.05, 0.1) is 12.1 Å². The number of nitrogens with zero attached hydrogens (tertiary/aromatic N) is 3. The lowest BCUT2D eigenvalue weighted by atomic mass is 10.2. The van der Waals surface area contributed by atoms with E-state index >= 15 is 0 Å². The molecule has 0 aliphatic heterocycles. The molecule has 1 N–H and O–H groups in total. The van der Waals surface area contributed by atoms with Gasteiger partial charge in [-0.15, -0.1) is 11.3 Å². The maximum atomic E-state index is 10.6. The van der Waals surface area contributed by atoms with Gasteiger partial charge < -0.3 is 14.9 Å². The number of carbonyl (C=O) groups is 1. The Morgan fingerprint density at radius 2 is 1.95 bits per heavy atom. The Kier molecular flexibility index (Phi) is 8.30. The molecule has 0 aliphatic carbocycles. The van der Waals surface area contributed by atoms with E-state index in [1.807, 2.05) is 5.38 Å². The fourth-order valence-corrected chi connectivity index (χ4v) is 3.16. The topological polar surface area (TPSA) is 56.7 Å². The van der Waals surface area contributed by atoms with Gasteiger partial charge in [0.25, 0.3) is 0 Å². The minimum atomic E-state index is -0.767. The lowest BCUT2D eigenvalue weighted by Crippen LogP contribution is -2.29. The van der Waals surface area contributed by atoms with E-state index in [0.29, 0.717) is 6.42 Å². The van der Waals surface area contributed by atoms with Crippen molar-refractivity contribution in [1.29, 1.82) is 0 Å². The molecule has 1 aromatic rings. The highest BCUT2D eigenvalue weighted by Gasteiger charge is 2.11. The second-order valence-corrected chi connectivity index (χ2v) is 5.81. The number of aryl methyl sites for hydroxylation is 1. The van der Waals surface area contributed by atoms with Crippen molar-refractivity contribution in [1.82, 2.24) is 9.88 Å². The first-order valence-electron chi connectivity index (χ1n) is 7.74. The summed E-state index contributed by atoms with van der Waals surface area (Å²) in [5.41, 5.74) is 0.889. The van der Waals surface area contributed by atoms with Crippen LogP contribution >= 0.6 is 11.3 Å². The number of aliphatic carboxylic acids is 1. The van der Waals surface area contributed by atoms with Crippen LogP contribution in [0.4, 0.5) is 5.13 Å². The standard InChI is InChI=1S/C15H27N3O2S/c1-4-17(5-2)10-7-11-18(6-3)15-16-13(12-21-15)8-9-14(19)20/h12H,4-11H2,1-3H3,(H,19,20). The number of anilines is 1. The average Bonchev–Trinajstić information content (AvgIpc) is 2.94. The third-order valence-electron chi connectivity index (χ3n) is 3.58. The molecule has 120 valence electrons. The van der Waals surface area contributed by atoms with Gasteiger partial charge in [-0.1, -0.05) is 13.8 Å². The zero-order chi connectivity index (χ0) is 15.7. The second-order valence-electron chi connectivity index (χ2n) is 4.98. The Hall–Kier alpha value is -1.14. The Morgan fingerprint density at radius 1 is 1.24 bits per heavy atom. The summed E-state index contributed by atoms with van der Waals surface area (Å²) >= 11 is 1.61. The van der Waals surface area contributed by atoms with Crippen molar-refractivity contribution in [2.45, 2.75) is 40.0 Å². The van der Waals surface area contributed by atoms with Crippen LogP contribution in [0.15, 0.2) is 5.38 Å². The van der Waals surface area contributed by atoms with Crippen LogP contribution in [0, 0.1) is 0 Å². The van der Waals surface area contributed by atoms with Crippen LogP contribution in [-0.2, 0) is 11.2 Å². The monoisotopic (exact) mass is 313 g/mol. The molecule has 0 aromatic carbocycles. The maximum Gasteiger partial charge on any atom is 0.303 e. The predicted molar refractivity (Wildman–Crippen MR) is 88.4 cm³/mol. The van der Waals surface area contributed by atoms with Crippen molar-refractivity contribution < 1.29 is 9.90 Å². The van der Waals surface area contributed by atoms with Crippen LogP contribution < -0.4 is 4.90 Å². The number of aromatic nitrogens is 1. The lowest BCUT2D eigenvalue weighted by molar-refractivity contribution is -0.136. The van der Waals surface area contributed by atoms with Gasteiger partial charge in [0.1, 0.15) is 0 Å². The summed E-state index contributed by atoms with van der Waals surface area (Å²) in [6.45, 7) is 11.8. The van der Waals surface area contributed by atoms with Crippen LogP contribution in [-0.4, -0.2) is 53.7 Å². The van der Waals surface area contributed by atoms with Gasteiger partial charge in [-0.3, -0.25) is 4.79 Å². The van der Waals surface area contributed by atoms with Gasteiger partial charge in [-0.25, -0.2) is 4.98 Å². The molecule has 0 saturated heterocycles. The molecule has 0 spiro atoms. The first-order valence-corrected chi connectivity index (χ1v) is 8.62. The molecule has 0 amide bonds. The van der Waals surface area contributed by atoms with Gasteiger partial charge in [0.15, 0.2) is 5.13 Å².